The van der Waals surface area contributed by atoms with Crippen LogP contribution in [0.4, 0.5) is 23.0 Å². The SMILES string of the molecule is NNc1ncnc(Nc2ccc3c(c2)OCO3)c1[N+](=O)[O-]. The molecule has 0 bridgehead atoms. The maximum Gasteiger partial charge on any atom is 0.354 e. The summed E-state index contributed by atoms with van der Waals surface area (Å²) in [5.74, 6) is 6.31. The van der Waals surface area contributed by atoms with Gasteiger partial charge in [0.1, 0.15) is 6.33 Å². The number of aromatic nitrogens is 2. The maximum atomic E-state index is 11.1. The molecule has 0 amide bonds. The van der Waals surface area contributed by atoms with Crippen LogP contribution in [0.3, 0.4) is 0 Å². The fourth-order valence-electron chi connectivity index (χ4n) is 1.86. The average molecular weight is 290 g/mol. The van der Waals surface area contributed by atoms with Crippen LogP contribution in [0.25, 0.3) is 0 Å². The molecule has 0 saturated carbocycles. The van der Waals surface area contributed by atoms with Gasteiger partial charge < -0.3 is 20.2 Å². The Kier molecular flexibility index (Phi) is 3.12. The van der Waals surface area contributed by atoms with Crippen LogP contribution in [-0.4, -0.2) is 21.7 Å². The van der Waals surface area contributed by atoms with Gasteiger partial charge in [-0.25, -0.2) is 15.8 Å². The standard InChI is InChI=1S/C11H10N6O4/c12-16-11-9(17(18)19)10(13-4-14-11)15-6-1-2-7-8(3-6)21-5-20-7/h1-4H,5,12H2,(H2,13,14,15,16). The zero-order valence-corrected chi connectivity index (χ0v) is 10.6. The Bertz CT molecular complexity index is 707. The van der Waals surface area contributed by atoms with Crippen molar-refractivity contribution >= 4 is 23.0 Å². The van der Waals surface area contributed by atoms with Gasteiger partial charge in [-0.2, -0.15) is 0 Å². The highest BCUT2D eigenvalue weighted by Crippen LogP contribution is 2.36. The van der Waals surface area contributed by atoms with Crippen LogP contribution in [0, 0.1) is 10.1 Å². The minimum Gasteiger partial charge on any atom is -0.454 e. The van der Waals surface area contributed by atoms with Crippen molar-refractivity contribution in [3.8, 4) is 11.5 Å². The number of anilines is 3. The van der Waals surface area contributed by atoms with Gasteiger partial charge in [0.05, 0.1) is 4.92 Å². The van der Waals surface area contributed by atoms with Crippen LogP contribution < -0.4 is 26.1 Å². The smallest absolute Gasteiger partial charge is 0.354 e. The summed E-state index contributed by atoms with van der Waals surface area (Å²) in [5.41, 5.74) is 2.38. The predicted molar refractivity (Wildman–Crippen MR) is 72.3 cm³/mol. The Morgan fingerprint density at radius 3 is 2.76 bits per heavy atom. The number of hydrazine groups is 1. The number of fused-ring (bicyclic) bond motifs is 1. The molecule has 0 radical (unpaired) electrons. The van der Waals surface area contributed by atoms with E-state index >= 15 is 0 Å². The quantitative estimate of drug-likeness (QED) is 0.430. The number of benzene rings is 1. The number of rotatable bonds is 4. The number of nitrogens with zero attached hydrogens (tertiary/aromatic N) is 3. The number of hydrogen-bond acceptors (Lipinski definition) is 9. The van der Waals surface area contributed by atoms with Crippen molar-refractivity contribution in [2.45, 2.75) is 0 Å². The van der Waals surface area contributed by atoms with Crippen molar-refractivity contribution in [1.29, 1.82) is 0 Å². The topological polar surface area (TPSA) is 137 Å². The number of nitro groups is 1. The normalized spacial score (nSPS) is 12.0. The lowest BCUT2D eigenvalue weighted by Crippen LogP contribution is -2.12. The molecule has 0 fully saturated rings. The molecule has 3 rings (SSSR count). The van der Waals surface area contributed by atoms with Crippen molar-refractivity contribution < 1.29 is 14.4 Å². The Labute approximate surface area is 118 Å². The molecule has 1 aromatic carbocycles. The van der Waals surface area contributed by atoms with E-state index in [4.69, 9.17) is 15.3 Å². The van der Waals surface area contributed by atoms with Crippen molar-refractivity contribution in [2.24, 2.45) is 5.84 Å². The van der Waals surface area contributed by atoms with Gasteiger partial charge in [-0.05, 0) is 12.1 Å². The molecule has 0 atom stereocenters. The lowest BCUT2D eigenvalue weighted by molar-refractivity contribution is -0.383. The summed E-state index contributed by atoms with van der Waals surface area (Å²) in [6, 6.07) is 5.04. The highest BCUT2D eigenvalue weighted by Gasteiger charge is 2.23. The van der Waals surface area contributed by atoms with Crippen molar-refractivity contribution in [3.63, 3.8) is 0 Å². The molecule has 2 aromatic rings. The molecule has 0 saturated heterocycles. The van der Waals surface area contributed by atoms with Crippen LogP contribution in [-0.2, 0) is 0 Å². The van der Waals surface area contributed by atoms with E-state index in [9.17, 15) is 10.1 Å². The lowest BCUT2D eigenvalue weighted by Gasteiger charge is -2.08. The van der Waals surface area contributed by atoms with Crippen molar-refractivity contribution in [1.82, 2.24) is 9.97 Å². The highest BCUT2D eigenvalue weighted by molar-refractivity contribution is 5.74. The Balaban J connectivity index is 1.96. The average Bonchev–Trinajstić information content (AvgIpc) is 2.94. The summed E-state index contributed by atoms with van der Waals surface area (Å²) in [7, 11) is 0. The third-order valence-corrected chi connectivity index (χ3v) is 2.78. The van der Waals surface area contributed by atoms with Gasteiger partial charge in [0, 0.05) is 11.8 Å². The number of hydrogen-bond donors (Lipinski definition) is 3. The minimum atomic E-state index is -0.621. The third kappa shape index (κ3) is 2.34. The summed E-state index contributed by atoms with van der Waals surface area (Å²) >= 11 is 0. The van der Waals surface area contributed by atoms with Crippen molar-refractivity contribution in [2.75, 3.05) is 17.5 Å². The monoisotopic (exact) mass is 290 g/mol. The van der Waals surface area contributed by atoms with E-state index in [1.54, 1.807) is 18.2 Å². The van der Waals surface area contributed by atoms with Crippen LogP contribution >= 0.6 is 0 Å². The van der Waals surface area contributed by atoms with Gasteiger partial charge in [-0.3, -0.25) is 10.1 Å². The predicted octanol–water partition coefficient (Wildman–Crippen LogP) is 1.14. The van der Waals surface area contributed by atoms with Gasteiger partial charge in [0.15, 0.2) is 11.5 Å². The molecule has 1 aromatic heterocycles. The molecular weight excluding hydrogens is 280 g/mol. The Morgan fingerprint density at radius 1 is 1.24 bits per heavy atom. The van der Waals surface area contributed by atoms with E-state index < -0.39 is 4.92 Å². The molecule has 0 unspecified atom stereocenters. The second-order valence-electron chi connectivity index (χ2n) is 4.01. The first kappa shape index (κ1) is 12.9. The molecular formula is C11H10N6O4. The highest BCUT2D eigenvalue weighted by atomic mass is 16.7. The number of ether oxygens (including phenoxy) is 2. The number of nitrogens with two attached hydrogens (primary N) is 1. The maximum absolute atomic E-state index is 11.1. The Hall–Kier alpha value is -3.14. The third-order valence-electron chi connectivity index (χ3n) is 2.78. The minimum absolute atomic E-state index is 0.0156. The van der Waals surface area contributed by atoms with Gasteiger partial charge in [-0.15, -0.1) is 0 Å². The molecule has 108 valence electrons. The molecule has 21 heavy (non-hydrogen) atoms. The summed E-state index contributed by atoms with van der Waals surface area (Å²) in [6.07, 6.45) is 1.16. The van der Waals surface area contributed by atoms with E-state index in [0.717, 1.165) is 6.33 Å². The van der Waals surface area contributed by atoms with Crippen LogP contribution in [0.2, 0.25) is 0 Å². The van der Waals surface area contributed by atoms with Gasteiger partial charge >= 0.3 is 5.69 Å². The first-order valence-corrected chi connectivity index (χ1v) is 5.81. The molecule has 0 spiro atoms. The van der Waals surface area contributed by atoms with Gasteiger partial charge in [0.2, 0.25) is 18.4 Å². The van der Waals surface area contributed by atoms with Crippen LogP contribution in [0.5, 0.6) is 11.5 Å². The first-order chi connectivity index (χ1) is 10.2. The summed E-state index contributed by atoms with van der Waals surface area (Å²) in [4.78, 5) is 18.1. The van der Waals surface area contributed by atoms with Crippen molar-refractivity contribution in [3.05, 3.63) is 34.6 Å². The molecule has 10 nitrogen and oxygen atoms in total. The second-order valence-corrected chi connectivity index (χ2v) is 4.01. The van der Waals surface area contributed by atoms with E-state index in [1.165, 1.54) is 0 Å². The second kappa shape index (κ2) is 5.09. The molecule has 2 heterocycles. The van der Waals surface area contributed by atoms with E-state index in [0.29, 0.717) is 17.2 Å². The lowest BCUT2D eigenvalue weighted by atomic mass is 10.2. The summed E-state index contributed by atoms with van der Waals surface area (Å²) in [6.45, 7) is 0.147. The molecule has 1 aliphatic rings. The summed E-state index contributed by atoms with van der Waals surface area (Å²) < 4.78 is 10.4. The van der Waals surface area contributed by atoms with Gasteiger partial charge in [0.25, 0.3) is 0 Å². The Morgan fingerprint density at radius 2 is 2.00 bits per heavy atom. The number of nitrogens with one attached hydrogen (secondary N) is 2. The van der Waals surface area contributed by atoms with E-state index in [-0.39, 0.29) is 24.1 Å². The summed E-state index contributed by atoms with van der Waals surface area (Å²) in [5, 5.41) is 14.0. The van der Waals surface area contributed by atoms with Crippen LogP contribution in [0.15, 0.2) is 24.5 Å². The molecule has 0 aliphatic carbocycles. The molecule has 10 heteroatoms. The largest absolute Gasteiger partial charge is 0.454 e. The van der Waals surface area contributed by atoms with E-state index in [2.05, 4.69) is 20.7 Å². The van der Waals surface area contributed by atoms with E-state index in [1.807, 2.05) is 0 Å². The zero-order valence-electron chi connectivity index (χ0n) is 10.6. The first-order valence-electron chi connectivity index (χ1n) is 5.81. The van der Waals surface area contributed by atoms with Gasteiger partial charge in [-0.1, -0.05) is 0 Å². The fraction of sp³-hybridized carbons (Fsp3) is 0.0909. The fourth-order valence-corrected chi connectivity index (χ4v) is 1.86. The molecule has 4 N–H and O–H groups in total. The molecule has 1 aliphatic heterocycles. The van der Waals surface area contributed by atoms with Crippen LogP contribution in [0.1, 0.15) is 0 Å². The number of nitrogen functional groups attached to an aromatic ring is 1. The zero-order chi connectivity index (χ0) is 14.8.